The second-order valence-electron chi connectivity index (χ2n) is 5.17. The van der Waals surface area contributed by atoms with E-state index in [9.17, 15) is 0 Å². The molecule has 3 aromatic carbocycles. The van der Waals surface area contributed by atoms with E-state index in [4.69, 9.17) is 4.74 Å². The predicted octanol–water partition coefficient (Wildman–Crippen LogP) is 4.57. The molecule has 0 aliphatic heterocycles. The van der Waals surface area contributed by atoms with Crippen molar-refractivity contribution in [3.8, 4) is 5.75 Å². The van der Waals surface area contributed by atoms with Gasteiger partial charge in [0.05, 0.1) is 13.3 Å². The molecule has 3 aromatic rings. The minimum atomic E-state index is 0.775. The van der Waals surface area contributed by atoms with E-state index < -0.39 is 0 Å². The van der Waals surface area contributed by atoms with Gasteiger partial charge in [-0.2, -0.15) is 5.10 Å². The number of nitrogens with zero attached hydrogens (tertiary/aromatic N) is 2. The predicted molar refractivity (Wildman–Crippen MR) is 99.1 cm³/mol. The molecular weight excluding hydrogens is 296 g/mol. The lowest BCUT2D eigenvalue weighted by Gasteiger charge is -2.05. The van der Waals surface area contributed by atoms with Crippen LogP contribution in [0.5, 0.6) is 5.75 Å². The quantitative estimate of drug-likeness (QED) is 0.502. The van der Waals surface area contributed by atoms with Crippen LogP contribution in [0.15, 0.2) is 95.1 Å². The third-order valence-electron chi connectivity index (χ3n) is 3.59. The van der Waals surface area contributed by atoms with Crippen LogP contribution >= 0.6 is 0 Å². The maximum atomic E-state index is 5.33. The molecule has 0 saturated heterocycles. The zero-order chi connectivity index (χ0) is 16.6. The Morgan fingerprint density at radius 2 is 1.29 bits per heavy atom. The molecule has 0 aliphatic carbocycles. The highest BCUT2D eigenvalue weighted by atomic mass is 16.5. The molecule has 0 aliphatic rings. The number of hydrogen-bond donors (Lipinski definition) is 0. The first-order valence-corrected chi connectivity index (χ1v) is 7.73. The van der Waals surface area contributed by atoms with Gasteiger partial charge in [0.1, 0.15) is 11.5 Å². The number of ether oxygens (including phenoxy) is 1. The molecule has 0 N–H and O–H groups in total. The zero-order valence-electron chi connectivity index (χ0n) is 13.5. The summed E-state index contributed by atoms with van der Waals surface area (Å²) in [7, 11) is 1.65. The lowest BCUT2D eigenvalue weighted by molar-refractivity contribution is 0.414. The summed E-state index contributed by atoms with van der Waals surface area (Å²) in [4.78, 5) is 0. The number of rotatable bonds is 5. The molecule has 0 amide bonds. The van der Waals surface area contributed by atoms with E-state index in [1.807, 2.05) is 84.9 Å². The van der Waals surface area contributed by atoms with E-state index in [2.05, 4.69) is 10.2 Å². The van der Waals surface area contributed by atoms with E-state index in [1.165, 1.54) is 0 Å². The highest BCUT2D eigenvalue weighted by molar-refractivity contribution is 6.12. The summed E-state index contributed by atoms with van der Waals surface area (Å²) < 4.78 is 5.33. The summed E-state index contributed by atoms with van der Waals surface area (Å²) in [5, 5.41) is 8.75. The van der Waals surface area contributed by atoms with Crippen molar-refractivity contribution in [2.45, 2.75) is 0 Å². The Morgan fingerprint density at radius 1 is 0.750 bits per heavy atom. The molecule has 3 nitrogen and oxygen atoms in total. The van der Waals surface area contributed by atoms with Gasteiger partial charge in [-0.3, -0.25) is 0 Å². The minimum absolute atomic E-state index is 0.775. The van der Waals surface area contributed by atoms with Gasteiger partial charge in [-0.15, -0.1) is 5.10 Å². The van der Waals surface area contributed by atoms with Crippen molar-refractivity contribution in [2.75, 3.05) is 7.11 Å². The van der Waals surface area contributed by atoms with Gasteiger partial charge in [0.25, 0.3) is 0 Å². The molecule has 118 valence electrons. The molecule has 0 unspecified atom stereocenters. The third kappa shape index (κ3) is 3.76. The van der Waals surface area contributed by atoms with Crippen LogP contribution in [-0.2, 0) is 0 Å². The summed E-state index contributed by atoms with van der Waals surface area (Å²) in [6, 6.07) is 27.8. The molecule has 0 bridgehead atoms. The summed E-state index contributed by atoms with van der Waals surface area (Å²) in [5.74, 6) is 0.775. The average Bonchev–Trinajstić information content (AvgIpc) is 2.67. The fourth-order valence-corrected chi connectivity index (χ4v) is 2.40. The van der Waals surface area contributed by atoms with Gasteiger partial charge in [0.2, 0.25) is 0 Å². The van der Waals surface area contributed by atoms with E-state index >= 15 is 0 Å². The van der Waals surface area contributed by atoms with Crippen LogP contribution in [0.1, 0.15) is 16.7 Å². The molecule has 0 aromatic heterocycles. The summed E-state index contributed by atoms with van der Waals surface area (Å²) >= 11 is 0. The average molecular weight is 314 g/mol. The first-order valence-electron chi connectivity index (χ1n) is 7.73. The van der Waals surface area contributed by atoms with Gasteiger partial charge in [-0.05, 0) is 12.1 Å². The Kier molecular flexibility index (Phi) is 5.15. The molecule has 0 saturated carbocycles. The Hall–Kier alpha value is -3.20. The van der Waals surface area contributed by atoms with E-state index in [0.717, 1.165) is 28.2 Å². The second kappa shape index (κ2) is 7.88. The highest BCUT2D eigenvalue weighted by Gasteiger charge is 2.06. The third-order valence-corrected chi connectivity index (χ3v) is 3.59. The SMILES string of the molecule is COc1ccccc1C=NN=C(c1ccccc1)c1ccccc1. The van der Waals surface area contributed by atoms with Crippen molar-refractivity contribution in [3.63, 3.8) is 0 Å². The molecule has 0 spiro atoms. The topological polar surface area (TPSA) is 34.0 Å². The van der Waals surface area contributed by atoms with Gasteiger partial charge in [-0.1, -0.05) is 72.8 Å². The van der Waals surface area contributed by atoms with Crippen LogP contribution in [-0.4, -0.2) is 19.0 Å². The fraction of sp³-hybridized carbons (Fsp3) is 0.0476. The van der Waals surface area contributed by atoms with Crippen LogP contribution < -0.4 is 4.74 Å². The van der Waals surface area contributed by atoms with E-state index in [1.54, 1.807) is 13.3 Å². The van der Waals surface area contributed by atoms with Crippen molar-refractivity contribution in [1.29, 1.82) is 0 Å². The number of methoxy groups -OCH3 is 1. The number of hydrogen-bond acceptors (Lipinski definition) is 3. The largest absolute Gasteiger partial charge is 0.496 e. The molecular formula is C21H18N2O. The maximum Gasteiger partial charge on any atom is 0.127 e. The molecule has 0 fully saturated rings. The second-order valence-corrected chi connectivity index (χ2v) is 5.17. The summed E-state index contributed by atoms with van der Waals surface area (Å²) in [5.41, 5.74) is 3.79. The Labute approximate surface area is 142 Å². The van der Waals surface area contributed by atoms with Crippen LogP contribution in [0.4, 0.5) is 0 Å². The molecule has 24 heavy (non-hydrogen) atoms. The van der Waals surface area contributed by atoms with Crippen molar-refractivity contribution < 1.29 is 4.74 Å². The van der Waals surface area contributed by atoms with Gasteiger partial charge < -0.3 is 4.74 Å². The van der Waals surface area contributed by atoms with Gasteiger partial charge in [-0.25, -0.2) is 0 Å². The van der Waals surface area contributed by atoms with Crippen molar-refractivity contribution in [2.24, 2.45) is 10.2 Å². The van der Waals surface area contributed by atoms with Gasteiger partial charge >= 0.3 is 0 Å². The molecule has 0 heterocycles. The first-order chi connectivity index (χ1) is 11.9. The molecule has 3 rings (SSSR count). The maximum absolute atomic E-state index is 5.33. The Bertz CT molecular complexity index is 798. The normalized spacial score (nSPS) is 10.5. The monoisotopic (exact) mass is 314 g/mol. The fourth-order valence-electron chi connectivity index (χ4n) is 2.40. The number of benzene rings is 3. The number of para-hydroxylation sites is 1. The van der Waals surface area contributed by atoms with Gasteiger partial charge in [0, 0.05) is 16.7 Å². The molecule has 0 atom stereocenters. The lowest BCUT2D eigenvalue weighted by Crippen LogP contribution is -2.02. The first kappa shape index (κ1) is 15.7. The highest BCUT2D eigenvalue weighted by Crippen LogP contribution is 2.15. The standard InChI is InChI=1S/C21H18N2O/c1-24-20-15-9-8-14-19(20)16-22-23-21(17-10-4-2-5-11-17)18-12-6-3-7-13-18/h2-16H,1H3. The van der Waals surface area contributed by atoms with Crippen molar-refractivity contribution >= 4 is 11.9 Å². The van der Waals surface area contributed by atoms with Crippen LogP contribution in [0.25, 0.3) is 0 Å². The lowest BCUT2D eigenvalue weighted by atomic mass is 10.0. The van der Waals surface area contributed by atoms with E-state index in [-0.39, 0.29) is 0 Å². The smallest absolute Gasteiger partial charge is 0.127 e. The minimum Gasteiger partial charge on any atom is -0.496 e. The molecule has 3 heteroatoms. The van der Waals surface area contributed by atoms with Crippen molar-refractivity contribution in [3.05, 3.63) is 102 Å². The van der Waals surface area contributed by atoms with Crippen molar-refractivity contribution in [1.82, 2.24) is 0 Å². The Balaban J connectivity index is 1.97. The van der Waals surface area contributed by atoms with Crippen LogP contribution in [0.3, 0.4) is 0 Å². The summed E-state index contributed by atoms with van der Waals surface area (Å²) in [6.07, 6.45) is 1.71. The van der Waals surface area contributed by atoms with E-state index in [0.29, 0.717) is 0 Å². The summed E-state index contributed by atoms with van der Waals surface area (Å²) in [6.45, 7) is 0. The zero-order valence-corrected chi connectivity index (χ0v) is 13.5. The van der Waals surface area contributed by atoms with Crippen LogP contribution in [0, 0.1) is 0 Å². The van der Waals surface area contributed by atoms with Gasteiger partial charge in [0.15, 0.2) is 0 Å². The Morgan fingerprint density at radius 3 is 1.88 bits per heavy atom. The van der Waals surface area contributed by atoms with Crippen LogP contribution in [0.2, 0.25) is 0 Å². The molecule has 0 radical (unpaired) electrons.